The van der Waals surface area contributed by atoms with Gasteiger partial charge in [-0.15, -0.1) is 0 Å². The van der Waals surface area contributed by atoms with E-state index in [4.69, 9.17) is 4.74 Å². The lowest BCUT2D eigenvalue weighted by atomic mass is 9.98. The van der Waals surface area contributed by atoms with Crippen LogP contribution in [0.1, 0.15) is 40.0 Å². The number of piperidine rings is 1. The normalized spacial score (nSPS) is 27.2. The number of hydrogen-bond donors (Lipinski definition) is 1. The summed E-state index contributed by atoms with van der Waals surface area (Å²) in [4.78, 5) is 2.57. The Morgan fingerprint density at radius 1 is 1.38 bits per heavy atom. The first-order valence-corrected chi connectivity index (χ1v) is 6.83. The van der Waals surface area contributed by atoms with Gasteiger partial charge in [0.25, 0.3) is 0 Å². The summed E-state index contributed by atoms with van der Waals surface area (Å²) in [6.45, 7) is 11.9. The van der Waals surface area contributed by atoms with Crippen LogP contribution in [0.4, 0.5) is 0 Å². The number of ether oxygens (including phenoxy) is 1. The molecular formula is C13H28N2O. The lowest BCUT2D eigenvalue weighted by Gasteiger charge is -2.37. The zero-order valence-corrected chi connectivity index (χ0v) is 11.2. The Kier molecular flexibility index (Phi) is 7.01. The maximum Gasteiger partial charge on any atom is 0.0477 e. The molecule has 1 heterocycles. The van der Waals surface area contributed by atoms with E-state index >= 15 is 0 Å². The SMILES string of the molecule is CCOCCCNC1CCN(CC)C(C)C1. The lowest BCUT2D eigenvalue weighted by Crippen LogP contribution is -2.47. The smallest absolute Gasteiger partial charge is 0.0477 e. The summed E-state index contributed by atoms with van der Waals surface area (Å²) in [5.41, 5.74) is 0. The van der Waals surface area contributed by atoms with Gasteiger partial charge in [0, 0.05) is 25.3 Å². The van der Waals surface area contributed by atoms with Crippen molar-refractivity contribution < 1.29 is 4.74 Å². The number of nitrogens with one attached hydrogen (secondary N) is 1. The minimum absolute atomic E-state index is 0.722. The minimum atomic E-state index is 0.722. The average Bonchev–Trinajstić information content (AvgIpc) is 2.29. The third-order valence-corrected chi connectivity index (χ3v) is 3.52. The molecule has 0 bridgehead atoms. The second kappa shape index (κ2) is 8.04. The van der Waals surface area contributed by atoms with Gasteiger partial charge >= 0.3 is 0 Å². The molecule has 2 atom stereocenters. The summed E-state index contributed by atoms with van der Waals surface area (Å²) in [6, 6.07) is 1.46. The van der Waals surface area contributed by atoms with E-state index in [9.17, 15) is 0 Å². The zero-order valence-electron chi connectivity index (χ0n) is 11.2. The van der Waals surface area contributed by atoms with Crippen molar-refractivity contribution in [3.8, 4) is 0 Å². The molecule has 1 rings (SSSR count). The summed E-state index contributed by atoms with van der Waals surface area (Å²) in [7, 11) is 0. The van der Waals surface area contributed by atoms with Gasteiger partial charge in [-0.2, -0.15) is 0 Å². The van der Waals surface area contributed by atoms with E-state index in [1.165, 1.54) is 25.9 Å². The molecule has 1 saturated heterocycles. The minimum Gasteiger partial charge on any atom is -0.382 e. The van der Waals surface area contributed by atoms with Crippen LogP contribution in [-0.2, 0) is 4.74 Å². The quantitative estimate of drug-likeness (QED) is 0.673. The van der Waals surface area contributed by atoms with E-state index in [0.717, 1.165) is 38.3 Å². The molecule has 0 spiro atoms. The number of hydrogen-bond acceptors (Lipinski definition) is 3. The third kappa shape index (κ3) is 4.81. The molecule has 2 unspecified atom stereocenters. The molecule has 1 fully saturated rings. The van der Waals surface area contributed by atoms with Crippen LogP contribution in [0.15, 0.2) is 0 Å². The average molecular weight is 228 g/mol. The molecule has 0 radical (unpaired) electrons. The Bertz CT molecular complexity index is 175. The van der Waals surface area contributed by atoms with Gasteiger partial charge in [0.2, 0.25) is 0 Å². The van der Waals surface area contributed by atoms with Gasteiger partial charge in [-0.05, 0) is 52.7 Å². The van der Waals surface area contributed by atoms with E-state index in [1.54, 1.807) is 0 Å². The summed E-state index contributed by atoms with van der Waals surface area (Å²) in [6.07, 6.45) is 3.73. The number of rotatable bonds is 7. The van der Waals surface area contributed by atoms with Gasteiger partial charge < -0.3 is 15.0 Å². The molecule has 3 nitrogen and oxygen atoms in total. The maximum absolute atomic E-state index is 5.33. The maximum atomic E-state index is 5.33. The van der Waals surface area contributed by atoms with Crippen molar-refractivity contribution >= 4 is 0 Å². The highest BCUT2D eigenvalue weighted by Crippen LogP contribution is 2.16. The molecule has 0 amide bonds. The summed E-state index contributed by atoms with van der Waals surface area (Å²) < 4.78 is 5.33. The highest BCUT2D eigenvalue weighted by molar-refractivity contribution is 4.82. The fourth-order valence-corrected chi connectivity index (χ4v) is 2.50. The molecule has 0 aromatic rings. The van der Waals surface area contributed by atoms with Crippen LogP contribution in [0.3, 0.4) is 0 Å². The molecule has 1 N–H and O–H groups in total. The Morgan fingerprint density at radius 3 is 2.81 bits per heavy atom. The monoisotopic (exact) mass is 228 g/mol. The van der Waals surface area contributed by atoms with Gasteiger partial charge in [-0.3, -0.25) is 0 Å². The molecule has 0 aromatic heterocycles. The second-order valence-electron chi connectivity index (χ2n) is 4.70. The fraction of sp³-hybridized carbons (Fsp3) is 1.00. The molecule has 1 aliphatic heterocycles. The van der Waals surface area contributed by atoms with E-state index in [2.05, 4.69) is 31.0 Å². The van der Waals surface area contributed by atoms with Gasteiger partial charge in [0.05, 0.1) is 0 Å². The van der Waals surface area contributed by atoms with Crippen LogP contribution < -0.4 is 5.32 Å². The van der Waals surface area contributed by atoms with Crippen molar-refractivity contribution in [2.75, 3.05) is 32.8 Å². The molecule has 96 valence electrons. The number of likely N-dealkylation sites (tertiary alicyclic amines) is 1. The van der Waals surface area contributed by atoms with Crippen molar-refractivity contribution in [1.82, 2.24) is 10.2 Å². The van der Waals surface area contributed by atoms with E-state index in [-0.39, 0.29) is 0 Å². The molecule has 16 heavy (non-hydrogen) atoms. The van der Waals surface area contributed by atoms with Crippen LogP contribution in [-0.4, -0.2) is 49.8 Å². The van der Waals surface area contributed by atoms with Crippen LogP contribution >= 0.6 is 0 Å². The predicted molar refractivity (Wildman–Crippen MR) is 68.8 cm³/mol. The first kappa shape index (κ1) is 13.9. The summed E-state index contributed by atoms with van der Waals surface area (Å²) in [5, 5.41) is 3.65. The van der Waals surface area contributed by atoms with Gasteiger partial charge in [0.1, 0.15) is 0 Å². The molecule has 1 aliphatic rings. The standard InChI is InChI=1S/C13H28N2O/c1-4-15-9-7-13(11-12(15)3)14-8-6-10-16-5-2/h12-14H,4-11H2,1-3H3. The molecule has 0 aromatic carbocycles. The molecule has 0 saturated carbocycles. The Hall–Kier alpha value is -0.120. The number of nitrogens with zero attached hydrogens (tertiary/aromatic N) is 1. The fourth-order valence-electron chi connectivity index (χ4n) is 2.50. The van der Waals surface area contributed by atoms with Crippen LogP contribution in [0.5, 0.6) is 0 Å². The first-order valence-electron chi connectivity index (χ1n) is 6.83. The van der Waals surface area contributed by atoms with Crippen molar-refractivity contribution in [3.63, 3.8) is 0 Å². The van der Waals surface area contributed by atoms with Crippen molar-refractivity contribution in [1.29, 1.82) is 0 Å². The highest BCUT2D eigenvalue weighted by atomic mass is 16.5. The Morgan fingerprint density at radius 2 is 2.19 bits per heavy atom. The molecule has 0 aliphatic carbocycles. The van der Waals surface area contributed by atoms with Crippen molar-refractivity contribution in [3.05, 3.63) is 0 Å². The highest BCUT2D eigenvalue weighted by Gasteiger charge is 2.23. The molecule has 3 heteroatoms. The van der Waals surface area contributed by atoms with Gasteiger partial charge in [0.15, 0.2) is 0 Å². The van der Waals surface area contributed by atoms with E-state index in [1.807, 2.05) is 0 Å². The van der Waals surface area contributed by atoms with Crippen molar-refractivity contribution in [2.45, 2.75) is 52.1 Å². The molecular weight excluding hydrogens is 200 g/mol. The topological polar surface area (TPSA) is 24.5 Å². The third-order valence-electron chi connectivity index (χ3n) is 3.52. The van der Waals surface area contributed by atoms with Crippen LogP contribution in [0.2, 0.25) is 0 Å². The summed E-state index contributed by atoms with van der Waals surface area (Å²) >= 11 is 0. The summed E-state index contributed by atoms with van der Waals surface area (Å²) in [5.74, 6) is 0. The Balaban J connectivity index is 2.06. The first-order chi connectivity index (χ1) is 7.77. The van der Waals surface area contributed by atoms with Gasteiger partial charge in [-0.1, -0.05) is 6.92 Å². The largest absolute Gasteiger partial charge is 0.382 e. The predicted octanol–water partition coefficient (Wildman–Crippen LogP) is 1.88. The van der Waals surface area contributed by atoms with Crippen LogP contribution in [0.25, 0.3) is 0 Å². The van der Waals surface area contributed by atoms with Crippen LogP contribution in [0, 0.1) is 0 Å². The van der Waals surface area contributed by atoms with E-state index in [0.29, 0.717) is 0 Å². The van der Waals surface area contributed by atoms with E-state index < -0.39 is 0 Å². The zero-order chi connectivity index (χ0) is 11.8. The van der Waals surface area contributed by atoms with Gasteiger partial charge in [-0.25, -0.2) is 0 Å². The Labute approximate surface area is 101 Å². The lowest BCUT2D eigenvalue weighted by molar-refractivity contribution is 0.131. The second-order valence-corrected chi connectivity index (χ2v) is 4.70. The van der Waals surface area contributed by atoms with Crippen molar-refractivity contribution in [2.24, 2.45) is 0 Å².